The Morgan fingerprint density at radius 1 is 1.36 bits per heavy atom. The van der Waals surface area contributed by atoms with Crippen LogP contribution >= 0.6 is 0 Å². The van der Waals surface area contributed by atoms with Gasteiger partial charge < -0.3 is 9.94 Å². The number of benzene rings is 1. The molecule has 2 rings (SSSR count). The smallest absolute Gasteiger partial charge is 0.128 e. The average Bonchev–Trinajstić information content (AvgIpc) is 2.27. The Bertz CT molecular complexity index is 357. The number of oxime groups is 1. The molecule has 0 heterocycles. The second kappa shape index (κ2) is 3.70. The molecule has 0 bridgehead atoms. The summed E-state index contributed by atoms with van der Waals surface area (Å²) in [5.41, 5.74) is 2.93. The standard InChI is InChI=1S/C11H13NO2/c1-14-10-7-3-5-8-4-2-6-9(12-13)11(8)10/h3,5,7,13H,2,4,6H2,1H3/b12-9+. The van der Waals surface area contributed by atoms with Crippen molar-refractivity contribution in [1.29, 1.82) is 0 Å². The molecule has 1 aromatic carbocycles. The molecule has 1 aliphatic carbocycles. The van der Waals surface area contributed by atoms with Gasteiger partial charge in [0.15, 0.2) is 0 Å². The Morgan fingerprint density at radius 3 is 2.93 bits per heavy atom. The van der Waals surface area contributed by atoms with Crippen molar-refractivity contribution in [1.82, 2.24) is 0 Å². The van der Waals surface area contributed by atoms with Crippen LogP contribution in [0, 0.1) is 0 Å². The van der Waals surface area contributed by atoms with Gasteiger partial charge in [-0.2, -0.15) is 0 Å². The van der Waals surface area contributed by atoms with Gasteiger partial charge in [-0.15, -0.1) is 0 Å². The molecule has 0 saturated heterocycles. The van der Waals surface area contributed by atoms with E-state index in [1.165, 1.54) is 5.56 Å². The van der Waals surface area contributed by atoms with Crippen LogP contribution in [0.2, 0.25) is 0 Å². The molecular weight excluding hydrogens is 178 g/mol. The first-order chi connectivity index (χ1) is 6.86. The van der Waals surface area contributed by atoms with Crippen molar-refractivity contribution in [3.63, 3.8) is 0 Å². The number of nitrogens with zero attached hydrogens (tertiary/aromatic N) is 1. The fraction of sp³-hybridized carbons (Fsp3) is 0.364. The Balaban J connectivity index is 2.58. The van der Waals surface area contributed by atoms with Gasteiger partial charge in [-0.1, -0.05) is 17.3 Å². The fourth-order valence-electron chi connectivity index (χ4n) is 1.95. The van der Waals surface area contributed by atoms with E-state index in [2.05, 4.69) is 11.2 Å². The van der Waals surface area contributed by atoms with E-state index < -0.39 is 0 Å². The highest BCUT2D eigenvalue weighted by atomic mass is 16.5. The largest absolute Gasteiger partial charge is 0.496 e. The number of rotatable bonds is 1. The lowest BCUT2D eigenvalue weighted by Gasteiger charge is -2.19. The zero-order valence-electron chi connectivity index (χ0n) is 8.16. The van der Waals surface area contributed by atoms with E-state index in [1.807, 2.05) is 12.1 Å². The van der Waals surface area contributed by atoms with E-state index in [-0.39, 0.29) is 0 Å². The molecule has 14 heavy (non-hydrogen) atoms. The number of methoxy groups -OCH3 is 1. The van der Waals surface area contributed by atoms with Crippen molar-refractivity contribution >= 4 is 5.71 Å². The second-order valence-corrected chi connectivity index (χ2v) is 3.39. The number of hydrogen-bond donors (Lipinski definition) is 1. The molecule has 0 radical (unpaired) electrons. The summed E-state index contributed by atoms with van der Waals surface area (Å²) in [6, 6.07) is 5.93. The lowest BCUT2D eigenvalue weighted by atomic mass is 9.89. The molecule has 1 aromatic rings. The highest BCUT2D eigenvalue weighted by Crippen LogP contribution is 2.29. The summed E-state index contributed by atoms with van der Waals surface area (Å²) < 4.78 is 5.25. The molecule has 1 aliphatic rings. The topological polar surface area (TPSA) is 41.8 Å². The highest BCUT2D eigenvalue weighted by molar-refractivity contribution is 6.04. The summed E-state index contributed by atoms with van der Waals surface area (Å²) in [5.74, 6) is 0.801. The van der Waals surface area contributed by atoms with E-state index in [1.54, 1.807) is 7.11 Å². The molecule has 3 heteroatoms. The summed E-state index contributed by atoms with van der Waals surface area (Å²) in [6.45, 7) is 0. The third-order valence-electron chi connectivity index (χ3n) is 2.60. The van der Waals surface area contributed by atoms with Crippen LogP contribution in [-0.4, -0.2) is 18.0 Å². The van der Waals surface area contributed by atoms with E-state index >= 15 is 0 Å². The van der Waals surface area contributed by atoms with Gasteiger partial charge >= 0.3 is 0 Å². The van der Waals surface area contributed by atoms with Crippen LogP contribution in [0.1, 0.15) is 24.0 Å². The Kier molecular flexibility index (Phi) is 2.39. The first-order valence-corrected chi connectivity index (χ1v) is 4.74. The molecule has 0 fully saturated rings. The predicted molar refractivity (Wildman–Crippen MR) is 54.3 cm³/mol. The SMILES string of the molecule is COc1cccc2c1/C(=N/O)CCC2. The van der Waals surface area contributed by atoms with Crippen molar-refractivity contribution in [2.24, 2.45) is 5.16 Å². The maximum Gasteiger partial charge on any atom is 0.128 e. The molecule has 0 saturated carbocycles. The van der Waals surface area contributed by atoms with Crippen LogP contribution in [-0.2, 0) is 6.42 Å². The summed E-state index contributed by atoms with van der Waals surface area (Å²) in [6.07, 6.45) is 2.90. The molecule has 1 N–H and O–H groups in total. The van der Waals surface area contributed by atoms with Gasteiger partial charge in [-0.25, -0.2) is 0 Å². The maximum absolute atomic E-state index is 8.89. The van der Waals surface area contributed by atoms with Crippen molar-refractivity contribution in [3.05, 3.63) is 29.3 Å². The zero-order chi connectivity index (χ0) is 9.97. The normalized spacial score (nSPS) is 17.9. The van der Waals surface area contributed by atoms with Crippen LogP contribution in [0.25, 0.3) is 0 Å². The summed E-state index contributed by atoms with van der Waals surface area (Å²) in [4.78, 5) is 0. The number of fused-ring (bicyclic) bond motifs is 1. The second-order valence-electron chi connectivity index (χ2n) is 3.39. The minimum atomic E-state index is 0.740. The highest BCUT2D eigenvalue weighted by Gasteiger charge is 2.19. The molecule has 0 atom stereocenters. The molecule has 74 valence electrons. The quantitative estimate of drug-likeness (QED) is 0.546. The van der Waals surface area contributed by atoms with Crippen molar-refractivity contribution in [2.45, 2.75) is 19.3 Å². The predicted octanol–water partition coefficient (Wildman–Crippen LogP) is 2.21. The van der Waals surface area contributed by atoms with E-state index in [4.69, 9.17) is 9.94 Å². The lowest BCUT2D eigenvalue weighted by Crippen LogP contribution is -2.13. The number of hydrogen-bond acceptors (Lipinski definition) is 3. The number of aryl methyl sites for hydroxylation is 1. The van der Waals surface area contributed by atoms with Crippen LogP contribution in [0.3, 0.4) is 0 Å². The Morgan fingerprint density at radius 2 is 2.21 bits per heavy atom. The van der Waals surface area contributed by atoms with Gasteiger partial charge in [0.2, 0.25) is 0 Å². The van der Waals surface area contributed by atoms with Gasteiger partial charge in [0.25, 0.3) is 0 Å². The molecular formula is C11H13NO2. The summed E-state index contributed by atoms with van der Waals surface area (Å²) >= 11 is 0. The fourth-order valence-corrected chi connectivity index (χ4v) is 1.95. The Hall–Kier alpha value is -1.51. The van der Waals surface area contributed by atoms with Crippen LogP contribution in [0.4, 0.5) is 0 Å². The number of ether oxygens (including phenoxy) is 1. The first-order valence-electron chi connectivity index (χ1n) is 4.74. The van der Waals surface area contributed by atoms with Crippen LogP contribution in [0.15, 0.2) is 23.4 Å². The minimum absolute atomic E-state index is 0.740. The molecule has 0 spiro atoms. The summed E-state index contributed by atoms with van der Waals surface area (Å²) in [7, 11) is 1.64. The zero-order valence-corrected chi connectivity index (χ0v) is 8.16. The third kappa shape index (κ3) is 1.35. The molecule has 0 amide bonds. The van der Waals surface area contributed by atoms with E-state index in [9.17, 15) is 0 Å². The van der Waals surface area contributed by atoms with E-state index in [0.29, 0.717) is 0 Å². The lowest BCUT2D eigenvalue weighted by molar-refractivity contribution is 0.317. The molecule has 0 unspecified atom stereocenters. The maximum atomic E-state index is 8.89. The molecule has 3 nitrogen and oxygen atoms in total. The van der Waals surface area contributed by atoms with Crippen LogP contribution < -0.4 is 4.74 Å². The van der Waals surface area contributed by atoms with Crippen molar-refractivity contribution in [2.75, 3.05) is 7.11 Å². The first kappa shape index (κ1) is 9.06. The van der Waals surface area contributed by atoms with Crippen molar-refractivity contribution in [3.8, 4) is 5.75 Å². The van der Waals surface area contributed by atoms with Crippen LogP contribution in [0.5, 0.6) is 5.75 Å². The molecule has 0 aliphatic heterocycles. The van der Waals surface area contributed by atoms with Gasteiger partial charge in [0, 0.05) is 5.56 Å². The van der Waals surface area contributed by atoms with Gasteiger partial charge in [0.05, 0.1) is 12.8 Å². The molecule has 0 aromatic heterocycles. The van der Waals surface area contributed by atoms with Crippen molar-refractivity contribution < 1.29 is 9.94 Å². The average molecular weight is 191 g/mol. The minimum Gasteiger partial charge on any atom is -0.496 e. The summed E-state index contributed by atoms with van der Waals surface area (Å²) in [5, 5.41) is 12.2. The third-order valence-corrected chi connectivity index (χ3v) is 2.60. The monoisotopic (exact) mass is 191 g/mol. The van der Waals surface area contributed by atoms with E-state index in [0.717, 1.165) is 36.3 Å². The van der Waals surface area contributed by atoms with Gasteiger partial charge in [-0.05, 0) is 30.9 Å². The van der Waals surface area contributed by atoms with Gasteiger partial charge in [0.1, 0.15) is 5.75 Å². The van der Waals surface area contributed by atoms with Gasteiger partial charge in [-0.3, -0.25) is 0 Å². The Labute approximate surface area is 83.0 Å².